The Hall–Kier alpha value is -1.90. The highest BCUT2D eigenvalue weighted by atomic mass is 16.2. The van der Waals surface area contributed by atoms with Gasteiger partial charge in [-0.15, -0.1) is 0 Å². The second-order valence-electron chi connectivity index (χ2n) is 6.45. The van der Waals surface area contributed by atoms with Gasteiger partial charge in [0, 0.05) is 24.9 Å². The molecule has 1 aliphatic rings. The predicted octanol–water partition coefficient (Wildman–Crippen LogP) is 4.27. The quantitative estimate of drug-likeness (QED) is 0.603. The Labute approximate surface area is 139 Å². The molecular formula is C20H27NO2. The van der Waals surface area contributed by atoms with Gasteiger partial charge in [0.05, 0.1) is 0 Å². The first-order valence-electron chi connectivity index (χ1n) is 8.61. The Morgan fingerprint density at radius 2 is 1.96 bits per heavy atom. The molecule has 0 aromatic heterocycles. The average Bonchev–Trinajstić information content (AvgIpc) is 2.56. The maximum absolute atomic E-state index is 12.3. The van der Waals surface area contributed by atoms with Crippen molar-refractivity contribution in [1.29, 1.82) is 0 Å². The summed E-state index contributed by atoms with van der Waals surface area (Å²) in [5.74, 6) is 0.0244. The number of Topliss-reactive ketones (excluding diaryl/α,β-unsaturated/α-hetero) is 1. The zero-order chi connectivity index (χ0) is 16.7. The van der Waals surface area contributed by atoms with E-state index in [0.717, 1.165) is 23.1 Å². The standard InChI is InChI=1S/C20H27NO2/c1-15-8-9-16(2)18(14-15)19(22)10-11-20(23)21-13-12-17-6-4-3-5-7-17/h6,8-9,14H,3-5,7,10-13H2,1-2H3,(H,21,23). The summed E-state index contributed by atoms with van der Waals surface area (Å²) in [7, 11) is 0. The van der Waals surface area contributed by atoms with Crippen molar-refractivity contribution in [1.82, 2.24) is 5.32 Å². The number of hydrogen-bond donors (Lipinski definition) is 1. The van der Waals surface area contributed by atoms with E-state index in [9.17, 15) is 9.59 Å². The van der Waals surface area contributed by atoms with Crippen LogP contribution in [0.1, 0.15) is 66.4 Å². The van der Waals surface area contributed by atoms with Crippen LogP contribution in [0.25, 0.3) is 0 Å². The van der Waals surface area contributed by atoms with Gasteiger partial charge in [0.15, 0.2) is 5.78 Å². The van der Waals surface area contributed by atoms with E-state index in [2.05, 4.69) is 11.4 Å². The molecule has 0 saturated carbocycles. The lowest BCUT2D eigenvalue weighted by atomic mass is 9.97. The van der Waals surface area contributed by atoms with Crippen LogP contribution in [0.3, 0.4) is 0 Å². The maximum Gasteiger partial charge on any atom is 0.220 e. The molecule has 1 aromatic carbocycles. The highest BCUT2D eigenvalue weighted by Crippen LogP contribution is 2.19. The van der Waals surface area contributed by atoms with Gasteiger partial charge in [-0.2, -0.15) is 0 Å². The molecule has 0 spiro atoms. The predicted molar refractivity (Wildman–Crippen MR) is 93.7 cm³/mol. The molecule has 0 saturated heterocycles. The summed E-state index contributed by atoms with van der Waals surface area (Å²) < 4.78 is 0. The van der Waals surface area contributed by atoms with Crippen molar-refractivity contribution in [2.45, 2.75) is 58.8 Å². The number of nitrogens with one attached hydrogen (secondary N) is 1. The summed E-state index contributed by atoms with van der Waals surface area (Å²) in [6, 6.07) is 5.87. The van der Waals surface area contributed by atoms with Crippen molar-refractivity contribution < 1.29 is 9.59 Å². The zero-order valence-electron chi connectivity index (χ0n) is 14.3. The summed E-state index contributed by atoms with van der Waals surface area (Å²) >= 11 is 0. The molecule has 0 aliphatic heterocycles. The van der Waals surface area contributed by atoms with E-state index in [1.807, 2.05) is 32.0 Å². The summed E-state index contributed by atoms with van der Waals surface area (Å²) in [4.78, 5) is 24.1. The lowest BCUT2D eigenvalue weighted by molar-refractivity contribution is -0.121. The Bertz CT molecular complexity index is 602. The van der Waals surface area contributed by atoms with E-state index in [1.165, 1.54) is 31.3 Å². The summed E-state index contributed by atoms with van der Waals surface area (Å²) in [6.07, 6.45) is 8.69. The Kier molecular flexibility index (Phi) is 6.57. The molecule has 1 aliphatic carbocycles. The molecule has 3 nitrogen and oxygen atoms in total. The SMILES string of the molecule is Cc1ccc(C)c(C(=O)CCC(=O)NCCC2=CCCCC2)c1. The minimum atomic E-state index is -0.0277. The molecule has 23 heavy (non-hydrogen) atoms. The van der Waals surface area contributed by atoms with Crippen LogP contribution < -0.4 is 5.32 Å². The number of amides is 1. The van der Waals surface area contributed by atoms with Gasteiger partial charge in [-0.25, -0.2) is 0 Å². The molecule has 0 bridgehead atoms. The van der Waals surface area contributed by atoms with Gasteiger partial charge in [0.1, 0.15) is 0 Å². The van der Waals surface area contributed by atoms with E-state index in [-0.39, 0.29) is 24.5 Å². The van der Waals surface area contributed by atoms with Crippen LogP contribution in [0, 0.1) is 13.8 Å². The first-order chi connectivity index (χ1) is 11.1. The molecule has 0 atom stereocenters. The number of ketones is 1. The van der Waals surface area contributed by atoms with Crippen LogP contribution >= 0.6 is 0 Å². The Morgan fingerprint density at radius 1 is 1.13 bits per heavy atom. The minimum Gasteiger partial charge on any atom is -0.356 e. The smallest absolute Gasteiger partial charge is 0.220 e. The van der Waals surface area contributed by atoms with Gasteiger partial charge >= 0.3 is 0 Å². The molecule has 1 N–H and O–H groups in total. The van der Waals surface area contributed by atoms with Crippen molar-refractivity contribution in [3.63, 3.8) is 0 Å². The molecular weight excluding hydrogens is 286 g/mol. The summed E-state index contributed by atoms with van der Waals surface area (Å²) in [5.41, 5.74) is 4.25. The van der Waals surface area contributed by atoms with Gasteiger partial charge in [0.25, 0.3) is 0 Å². The first-order valence-corrected chi connectivity index (χ1v) is 8.61. The minimum absolute atomic E-state index is 0.0277. The largest absolute Gasteiger partial charge is 0.356 e. The fourth-order valence-corrected chi connectivity index (χ4v) is 2.98. The summed E-state index contributed by atoms with van der Waals surface area (Å²) in [5, 5.41) is 2.93. The number of carbonyl (C=O) groups is 2. The Balaban J connectivity index is 1.72. The fraction of sp³-hybridized carbons (Fsp3) is 0.500. The second-order valence-corrected chi connectivity index (χ2v) is 6.45. The van der Waals surface area contributed by atoms with Crippen molar-refractivity contribution in [3.8, 4) is 0 Å². The highest BCUT2D eigenvalue weighted by Gasteiger charge is 2.12. The van der Waals surface area contributed by atoms with Gasteiger partial charge in [0.2, 0.25) is 5.91 Å². The van der Waals surface area contributed by atoms with Crippen molar-refractivity contribution in [3.05, 3.63) is 46.5 Å². The van der Waals surface area contributed by atoms with Crippen molar-refractivity contribution in [2.24, 2.45) is 0 Å². The number of aryl methyl sites for hydroxylation is 2. The number of rotatable bonds is 7. The third kappa shape index (κ3) is 5.66. The van der Waals surface area contributed by atoms with Gasteiger partial charge in [-0.05, 0) is 57.6 Å². The van der Waals surface area contributed by atoms with E-state index in [0.29, 0.717) is 6.54 Å². The Morgan fingerprint density at radius 3 is 2.70 bits per heavy atom. The van der Waals surface area contributed by atoms with Crippen LogP contribution in [-0.2, 0) is 4.79 Å². The maximum atomic E-state index is 12.3. The van der Waals surface area contributed by atoms with Crippen LogP contribution in [0.2, 0.25) is 0 Å². The van der Waals surface area contributed by atoms with E-state index in [1.54, 1.807) is 0 Å². The number of benzene rings is 1. The third-order valence-corrected chi connectivity index (χ3v) is 4.43. The average molecular weight is 313 g/mol. The fourth-order valence-electron chi connectivity index (χ4n) is 2.98. The van der Waals surface area contributed by atoms with Crippen LogP contribution in [-0.4, -0.2) is 18.2 Å². The molecule has 2 rings (SSSR count). The highest BCUT2D eigenvalue weighted by molar-refractivity contribution is 5.99. The van der Waals surface area contributed by atoms with Crippen molar-refractivity contribution in [2.75, 3.05) is 6.54 Å². The van der Waals surface area contributed by atoms with E-state index in [4.69, 9.17) is 0 Å². The first kappa shape index (κ1) is 17.5. The van der Waals surface area contributed by atoms with Crippen molar-refractivity contribution >= 4 is 11.7 Å². The molecule has 0 fully saturated rings. The van der Waals surface area contributed by atoms with Gasteiger partial charge in [-0.3, -0.25) is 9.59 Å². The molecule has 124 valence electrons. The number of hydrogen-bond acceptors (Lipinski definition) is 2. The number of allylic oxidation sites excluding steroid dienone is 1. The van der Waals surface area contributed by atoms with Crippen LogP contribution in [0.4, 0.5) is 0 Å². The molecule has 1 aromatic rings. The monoisotopic (exact) mass is 313 g/mol. The lowest BCUT2D eigenvalue weighted by Gasteiger charge is -2.13. The third-order valence-electron chi connectivity index (χ3n) is 4.43. The second kappa shape index (κ2) is 8.66. The van der Waals surface area contributed by atoms with E-state index >= 15 is 0 Å². The molecule has 0 unspecified atom stereocenters. The van der Waals surface area contributed by atoms with Gasteiger partial charge in [-0.1, -0.05) is 29.3 Å². The lowest BCUT2D eigenvalue weighted by Crippen LogP contribution is -2.25. The van der Waals surface area contributed by atoms with E-state index < -0.39 is 0 Å². The molecule has 3 heteroatoms. The normalized spacial score (nSPS) is 14.3. The van der Waals surface area contributed by atoms with Crippen LogP contribution in [0.5, 0.6) is 0 Å². The topological polar surface area (TPSA) is 46.2 Å². The summed E-state index contributed by atoms with van der Waals surface area (Å²) in [6.45, 7) is 4.59. The molecule has 0 heterocycles. The van der Waals surface area contributed by atoms with Crippen LogP contribution in [0.15, 0.2) is 29.8 Å². The number of carbonyl (C=O) groups excluding carboxylic acids is 2. The zero-order valence-corrected chi connectivity index (χ0v) is 14.3. The van der Waals surface area contributed by atoms with Gasteiger partial charge < -0.3 is 5.32 Å². The molecule has 0 radical (unpaired) electrons. The molecule has 1 amide bonds.